The molecular formula is C33H26. The lowest BCUT2D eigenvalue weighted by Gasteiger charge is -2.21. The summed E-state index contributed by atoms with van der Waals surface area (Å²) in [6.07, 6.45) is 1.93. The smallest absolute Gasteiger partial charge is 0.00104 e. The number of benzene rings is 5. The molecule has 5 aromatic rings. The summed E-state index contributed by atoms with van der Waals surface area (Å²) >= 11 is 0. The second-order valence-corrected chi connectivity index (χ2v) is 9.03. The summed E-state index contributed by atoms with van der Waals surface area (Å²) in [7, 11) is 0. The van der Waals surface area contributed by atoms with E-state index in [1.54, 1.807) is 0 Å². The number of fused-ring (bicyclic) bond motifs is 3. The van der Waals surface area contributed by atoms with E-state index in [-0.39, 0.29) is 0 Å². The Bertz CT molecular complexity index is 1430. The highest BCUT2D eigenvalue weighted by Crippen LogP contribution is 2.47. The molecule has 1 aliphatic rings. The molecule has 0 aromatic heterocycles. The van der Waals surface area contributed by atoms with E-state index in [4.69, 9.17) is 0 Å². The molecule has 158 valence electrons. The van der Waals surface area contributed by atoms with Crippen molar-refractivity contribution in [2.24, 2.45) is 0 Å². The second kappa shape index (κ2) is 8.22. The third kappa shape index (κ3) is 3.58. The maximum Gasteiger partial charge on any atom is -0.00104 e. The van der Waals surface area contributed by atoms with Gasteiger partial charge in [0.25, 0.3) is 0 Å². The predicted molar refractivity (Wildman–Crippen MR) is 140 cm³/mol. The fraction of sp³-hybridized carbons (Fsp3) is 0.0909. The standard InChI is InChI=1S/C33H26/c1-23-16-18-24(19-17-23)20-32-30-21-27-14-8-9-15-28(27)31(30)22-29(25-10-4-2-5-11-25)33(32)26-12-6-3-7-13-26/h2-19,22H,20-21H2,1H3. The predicted octanol–water partition coefficient (Wildman–Crippen LogP) is 8.49. The summed E-state index contributed by atoms with van der Waals surface area (Å²) < 4.78 is 0. The van der Waals surface area contributed by atoms with Crippen molar-refractivity contribution in [3.63, 3.8) is 0 Å². The molecule has 0 aliphatic heterocycles. The number of hydrogen-bond acceptors (Lipinski definition) is 0. The van der Waals surface area contributed by atoms with Crippen molar-refractivity contribution < 1.29 is 0 Å². The molecule has 0 saturated carbocycles. The Morgan fingerprint density at radius 3 is 1.94 bits per heavy atom. The van der Waals surface area contributed by atoms with Crippen LogP contribution in [0.4, 0.5) is 0 Å². The fourth-order valence-electron chi connectivity index (χ4n) is 5.23. The molecule has 5 aromatic carbocycles. The Hall–Kier alpha value is -3.90. The van der Waals surface area contributed by atoms with Gasteiger partial charge in [-0.05, 0) is 81.5 Å². The van der Waals surface area contributed by atoms with Gasteiger partial charge in [-0.3, -0.25) is 0 Å². The van der Waals surface area contributed by atoms with Gasteiger partial charge in [0.15, 0.2) is 0 Å². The van der Waals surface area contributed by atoms with Crippen LogP contribution in [-0.2, 0) is 12.8 Å². The summed E-state index contributed by atoms with van der Waals surface area (Å²) in [6.45, 7) is 2.16. The Morgan fingerprint density at radius 2 is 1.21 bits per heavy atom. The summed E-state index contributed by atoms with van der Waals surface area (Å²) in [5, 5.41) is 0. The van der Waals surface area contributed by atoms with Crippen LogP contribution in [0.25, 0.3) is 33.4 Å². The first-order valence-electron chi connectivity index (χ1n) is 11.7. The van der Waals surface area contributed by atoms with E-state index in [0.717, 1.165) is 12.8 Å². The zero-order chi connectivity index (χ0) is 22.2. The second-order valence-electron chi connectivity index (χ2n) is 9.03. The van der Waals surface area contributed by atoms with E-state index in [1.807, 2.05) is 0 Å². The lowest BCUT2D eigenvalue weighted by Crippen LogP contribution is -2.01. The van der Waals surface area contributed by atoms with Crippen LogP contribution < -0.4 is 0 Å². The van der Waals surface area contributed by atoms with Crippen molar-refractivity contribution in [2.75, 3.05) is 0 Å². The van der Waals surface area contributed by atoms with Crippen LogP contribution in [-0.4, -0.2) is 0 Å². The van der Waals surface area contributed by atoms with E-state index >= 15 is 0 Å². The minimum absolute atomic E-state index is 0.932. The summed E-state index contributed by atoms with van der Waals surface area (Å²) in [5.41, 5.74) is 15.1. The average molecular weight is 423 g/mol. The van der Waals surface area contributed by atoms with Crippen LogP contribution in [0.15, 0.2) is 115 Å². The molecule has 0 saturated heterocycles. The van der Waals surface area contributed by atoms with Gasteiger partial charge in [-0.15, -0.1) is 0 Å². The zero-order valence-electron chi connectivity index (χ0n) is 18.9. The molecule has 0 spiro atoms. The number of rotatable bonds is 4. The maximum absolute atomic E-state index is 2.44. The average Bonchev–Trinajstić information content (AvgIpc) is 3.25. The van der Waals surface area contributed by atoms with Gasteiger partial charge in [0.05, 0.1) is 0 Å². The van der Waals surface area contributed by atoms with Crippen molar-refractivity contribution in [2.45, 2.75) is 19.8 Å². The van der Waals surface area contributed by atoms with Crippen molar-refractivity contribution in [3.05, 3.63) is 143 Å². The van der Waals surface area contributed by atoms with Crippen molar-refractivity contribution in [1.29, 1.82) is 0 Å². The van der Waals surface area contributed by atoms with Crippen LogP contribution in [0.1, 0.15) is 27.8 Å². The third-order valence-electron chi connectivity index (χ3n) is 6.87. The molecule has 0 radical (unpaired) electrons. The lowest BCUT2D eigenvalue weighted by atomic mass is 9.83. The normalized spacial score (nSPS) is 11.8. The topological polar surface area (TPSA) is 0 Å². The SMILES string of the molecule is Cc1ccc(Cc2c3c(cc(-c4ccccc4)c2-c2ccccc2)-c2ccccc2C3)cc1. The van der Waals surface area contributed by atoms with Crippen LogP contribution >= 0.6 is 0 Å². The minimum atomic E-state index is 0.932. The quantitative estimate of drug-likeness (QED) is 0.267. The first-order valence-corrected chi connectivity index (χ1v) is 11.7. The highest BCUT2D eigenvalue weighted by atomic mass is 14.3. The first kappa shape index (κ1) is 19.8. The van der Waals surface area contributed by atoms with Gasteiger partial charge in [0, 0.05) is 0 Å². The van der Waals surface area contributed by atoms with E-state index in [1.165, 1.54) is 61.2 Å². The third-order valence-corrected chi connectivity index (χ3v) is 6.87. The van der Waals surface area contributed by atoms with Crippen LogP contribution in [0, 0.1) is 6.92 Å². The molecule has 0 heterocycles. The molecule has 0 amide bonds. The molecule has 0 atom stereocenters. The van der Waals surface area contributed by atoms with E-state index in [2.05, 4.69) is 122 Å². The monoisotopic (exact) mass is 422 g/mol. The van der Waals surface area contributed by atoms with Gasteiger partial charge in [0.2, 0.25) is 0 Å². The maximum atomic E-state index is 2.44. The Balaban J connectivity index is 1.67. The molecule has 0 fully saturated rings. The molecule has 6 rings (SSSR count). The van der Waals surface area contributed by atoms with Gasteiger partial charge >= 0.3 is 0 Å². The van der Waals surface area contributed by atoms with Crippen molar-refractivity contribution >= 4 is 0 Å². The summed E-state index contributed by atoms with van der Waals surface area (Å²) in [6, 6.07) is 42.2. The van der Waals surface area contributed by atoms with Crippen LogP contribution in [0.3, 0.4) is 0 Å². The van der Waals surface area contributed by atoms with Crippen LogP contribution in [0.5, 0.6) is 0 Å². The molecule has 33 heavy (non-hydrogen) atoms. The minimum Gasteiger partial charge on any atom is -0.0622 e. The Morgan fingerprint density at radius 1 is 0.576 bits per heavy atom. The van der Waals surface area contributed by atoms with E-state index in [9.17, 15) is 0 Å². The molecule has 0 bridgehead atoms. The van der Waals surface area contributed by atoms with Gasteiger partial charge in [-0.2, -0.15) is 0 Å². The first-order chi connectivity index (χ1) is 16.3. The molecule has 1 aliphatic carbocycles. The number of aryl methyl sites for hydroxylation is 1. The molecular weight excluding hydrogens is 396 g/mol. The zero-order valence-corrected chi connectivity index (χ0v) is 18.9. The van der Waals surface area contributed by atoms with E-state index < -0.39 is 0 Å². The van der Waals surface area contributed by atoms with Gasteiger partial charge < -0.3 is 0 Å². The van der Waals surface area contributed by atoms with Crippen LogP contribution in [0.2, 0.25) is 0 Å². The molecule has 0 unspecified atom stereocenters. The highest BCUT2D eigenvalue weighted by Gasteiger charge is 2.26. The number of hydrogen-bond donors (Lipinski definition) is 0. The molecule has 0 nitrogen and oxygen atoms in total. The molecule has 0 heteroatoms. The lowest BCUT2D eigenvalue weighted by molar-refractivity contribution is 1.12. The summed E-state index contributed by atoms with van der Waals surface area (Å²) in [5.74, 6) is 0. The van der Waals surface area contributed by atoms with E-state index in [0.29, 0.717) is 0 Å². The Kier molecular flexibility index (Phi) is 4.92. The Labute approximate surface area is 196 Å². The summed E-state index contributed by atoms with van der Waals surface area (Å²) in [4.78, 5) is 0. The highest BCUT2D eigenvalue weighted by molar-refractivity contribution is 5.93. The van der Waals surface area contributed by atoms with Gasteiger partial charge in [0.1, 0.15) is 0 Å². The van der Waals surface area contributed by atoms with Crippen molar-refractivity contribution in [1.82, 2.24) is 0 Å². The molecule has 0 N–H and O–H groups in total. The fourth-order valence-corrected chi connectivity index (χ4v) is 5.23. The van der Waals surface area contributed by atoms with Gasteiger partial charge in [-0.1, -0.05) is 115 Å². The van der Waals surface area contributed by atoms with Gasteiger partial charge in [-0.25, -0.2) is 0 Å². The van der Waals surface area contributed by atoms with Crippen molar-refractivity contribution in [3.8, 4) is 33.4 Å². The largest absolute Gasteiger partial charge is 0.0622 e.